The molecule has 0 aromatic rings. The van der Waals surface area contributed by atoms with Gasteiger partial charge in [-0.25, -0.2) is 0 Å². The van der Waals surface area contributed by atoms with Gasteiger partial charge >= 0.3 is 0 Å². The molecule has 15 heavy (non-hydrogen) atoms. The summed E-state index contributed by atoms with van der Waals surface area (Å²) in [5.41, 5.74) is 5.46. The van der Waals surface area contributed by atoms with Crippen LogP contribution >= 0.6 is 0 Å². The minimum atomic E-state index is -0.234. The zero-order chi connectivity index (χ0) is 11.3. The van der Waals surface area contributed by atoms with Crippen molar-refractivity contribution in [2.75, 3.05) is 33.9 Å². The van der Waals surface area contributed by atoms with Gasteiger partial charge in [-0.2, -0.15) is 0 Å². The predicted octanol–water partition coefficient (Wildman–Crippen LogP) is 0.610. The zero-order valence-electron chi connectivity index (χ0n) is 9.79. The van der Waals surface area contributed by atoms with Crippen molar-refractivity contribution in [2.45, 2.75) is 25.7 Å². The molecule has 1 saturated carbocycles. The van der Waals surface area contributed by atoms with Crippen LogP contribution in [0.4, 0.5) is 0 Å². The van der Waals surface area contributed by atoms with Gasteiger partial charge in [-0.15, -0.1) is 0 Å². The summed E-state index contributed by atoms with van der Waals surface area (Å²) in [4.78, 5) is 13.9. The predicted molar refractivity (Wildman–Crippen MR) is 59.5 cm³/mol. The molecule has 0 aromatic carbocycles. The van der Waals surface area contributed by atoms with Crippen LogP contribution in [0.15, 0.2) is 0 Å². The molecule has 4 nitrogen and oxygen atoms in total. The lowest BCUT2D eigenvalue weighted by Crippen LogP contribution is -2.51. The molecule has 0 aromatic heterocycles. The number of methoxy groups -OCH3 is 1. The Morgan fingerprint density at radius 2 is 2.20 bits per heavy atom. The molecule has 0 aliphatic heterocycles. The van der Waals surface area contributed by atoms with Crippen LogP contribution < -0.4 is 5.73 Å². The van der Waals surface area contributed by atoms with E-state index in [1.807, 2.05) is 7.05 Å². The molecule has 1 fully saturated rings. The molecule has 0 saturated heterocycles. The van der Waals surface area contributed by atoms with E-state index in [0.717, 1.165) is 32.2 Å². The van der Waals surface area contributed by atoms with E-state index in [9.17, 15) is 4.79 Å². The minimum Gasteiger partial charge on any atom is -0.385 e. The Hall–Kier alpha value is -0.610. The van der Waals surface area contributed by atoms with E-state index in [-0.39, 0.29) is 11.3 Å². The van der Waals surface area contributed by atoms with Crippen molar-refractivity contribution in [2.24, 2.45) is 11.1 Å². The lowest BCUT2D eigenvalue weighted by atomic mass is 9.68. The minimum absolute atomic E-state index is 0.215. The third-order valence-electron chi connectivity index (χ3n) is 3.34. The number of nitrogens with two attached hydrogens (primary N) is 1. The maximum Gasteiger partial charge on any atom is 0.229 e. The fourth-order valence-electron chi connectivity index (χ4n) is 2.06. The average molecular weight is 214 g/mol. The van der Waals surface area contributed by atoms with Crippen LogP contribution in [0.1, 0.15) is 25.7 Å². The summed E-state index contributed by atoms with van der Waals surface area (Å²) in [5.74, 6) is 0.215. The van der Waals surface area contributed by atoms with Crippen molar-refractivity contribution >= 4 is 5.91 Å². The largest absolute Gasteiger partial charge is 0.385 e. The monoisotopic (exact) mass is 214 g/mol. The molecule has 88 valence electrons. The molecule has 4 heteroatoms. The average Bonchev–Trinajstić information content (AvgIpc) is 2.17. The van der Waals surface area contributed by atoms with E-state index in [1.54, 1.807) is 12.0 Å². The third-order valence-corrected chi connectivity index (χ3v) is 3.34. The molecule has 0 bridgehead atoms. The normalized spacial score (nSPS) is 18.3. The Bertz CT molecular complexity index is 209. The lowest BCUT2D eigenvalue weighted by molar-refractivity contribution is -0.145. The van der Waals surface area contributed by atoms with Crippen molar-refractivity contribution in [3.05, 3.63) is 0 Å². The van der Waals surface area contributed by atoms with Crippen LogP contribution in [0.5, 0.6) is 0 Å². The second kappa shape index (κ2) is 5.47. The van der Waals surface area contributed by atoms with Gasteiger partial charge < -0.3 is 15.4 Å². The Kier molecular flexibility index (Phi) is 4.54. The topological polar surface area (TPSA) is 55.6 Å². The van der Waals surface area contributed by atoms with Gasteiger partial charge in [0.15, 0.2) is 0 Å². The Balaban J connectivity index is 2.37. The molecule has 0 unspecified atom stereocenters. The maximum atomic E-state index is 12.1. The lowest BCUT2D eigenvalue weighted by Gasteiger charge is -2.41. The maximum absolute atomic E-state index is 12.1. The number of carbonyl (C=O) groups is 1. The van der Waals surface area contributed by atoms with E-state index >= 15 is 0 Å². The Morgan fingerprint density at radius 1 is 1.53 bits per heavy atom. The molecule has 1 aliphatic carbocycles. The molecule has 1 amide bonds. The Labute approximate surface area is 91.8 Å². The molecule has 0 radical (unpaired) electrons. The van der Waals surface area contributed by atoms with Gasteiger partial charge in [0.2, 0.25) is 5.91 Å². The van der Waals surface area contributed by atoms with E-state index in [1.165, 1.54) is 0 Å². The summed E-state index contributed by atoms with van der Waals surface area (Å²) in [5, 5.41) is 0. The fraction of sp³-hybridized carbons (Fsp3) is 0.909. The second-order valence-corrected chi connectivity index (χ2v) is 4.41. The summed E-state index contributed by atoms with van der Waals surface area (Å²) in [6.07, 6.45) is 3.93. The van der Waals surface area contributed by atoms with Crippen molar-refractivity contribution in [1.29, 1.82) is 0 Å². The van der Waals surface area contributed by atoms with Crippen LogP contribution in [0.25, 0.3) is 0 Å². The first kappa shape index (κ1) is 12.5. The first-order valence-corrected chi connectivity index (χ1v) is 5.61. The molecular weight excluding hydrogens is 192 g/mol. The van der Waals surface area contributed by atoms with Crippen molar-refractivity contribution < 1.29 is 9.53 Å². The van der Waals surface area contributed by atoms with E-state index < -0.39 is 0 Å². The van der Waals surface area contributed by atoms with Crippen LogP contribution in [0, 0.1) is 5.41 Å². The van der Waals surface area contributed by atoms with Crippen molar-refractivity contribution in [1.82, 2.24) is 4.90 Å². The highest BCUT2D eigenvalue weighted by molar-refractivity contribution is 5.83. The number of hydrogen-bond donors (Lipinski definition) is 1. The van der Waals surface area contributed by atoms with Gasteiger partial charge in [0, 0.05) is 33.9 Å². The van der Waals surface area contributed by atoms with Gasteiger partial charge in [-0.3, -0.25) is 4.79 Å². The number of ether oxygens (including phenoxy) is 1. The van der Waals surface area contributed by atoms with Gasteiger partial charge in [0.25, 0.3) is 0 Å². The number of amides is 1. The number of hydrogen-bond acceptors (Lipinski definition) is 3. The van der Waals surface area contributed by atoms with E-state index in [0.29, 0.717) is 13.2 Å². The van der Waals surface area contributed by atoms with E-state index in [4.69, 9.17) is 10.5 Å². The highest BCUT2D eigenvalue weighted by atomic mass is 16.5. The quantitative estimate of drug-likeness (QED) is 0.659. The fourth-order valence-corrected chi connectivity index (χ4v) is 2.06. The number of carbonyl (C=O) groups excluding carboxylic acids is 1. The zero-order valence-corrected chi connectivity index (χ0v) is 9.79. The molecule has 2 N–H and O–H groups in total. The standard InChI is InChI=1S/C11H22N2O2/c1-13(7-4-8-15-2)10(14)11(9-12)5-3-6-11/h3-9,12H2,1-2H3. The summed E-state index contributed by atoms with van der Waals surface area (Å²) in [7, 11) is 3.53. The summed E-state index contributed by atoms with van der Waals surface area (Å²) < 4.78 is 4.96. The first-order valence-electron chi connectivity index (χ1n) is 5.61. The molecular formula is C11H22N2O2. The van der Waals surface area contributed by atoms with Gasteiger partial charge in [0.05, 0.1) is 5.41 Å². The van der Waals surface area contributed by atoms with Crippen LogP contribution in [-0.4, -0.2) is 44.7 Å². The number of rotatable bonds is 6. The highest BCUT2D eigenvalue weighted by Crippen LogP contribution is 2.41. The highest BCUT2D eigenvalue weighted by Gasteiger charge is 2.44. The molecule has 0 spiro atoms. The van der Waals surface area contributed by atoms with E-state index in [2.05, 4.69) is 0 Å². The number of nitrogens with zero attached hydrogens (tertiary/aromatic N) is 1. The Morgan fingerprint density at radius 3 is 2.60 bits per heavy atom. The smallest absolute Gasteiger partial charge is 0.229 e. The molecule has 0 atom stereocenters. The SMILES string of the molecule is COCCCN(C)C(=O)C1(CN)CCC1. The first-order chi connectivity index (χ1) is 7.16. The summed E-state index contributed by atoms with van der Waals surface area (Å²) in [6.45, 7) is 1.95. The summed E-state index contributed by atoms with van der Waals surface area (Å²) in [6, 6.07) is 0. The summed E-state index contributed by atoms with van der Waals surface area (Å²) >= 11 is 0. The molecule has 1 aliphatic rings. The van der Waals surface area contributed by atoms with Crippen LogP contribution in [0.2, 0.25) is 0 Å². The van der Waals surface area contributed by atoms with Crippen molar-refractivity contribution in [3.63, 3.8) is 0 Å². The molecule has 0 heterocycles. The van der Waals surface area contributed by atoms with Crippen LogP contribution in [-0.2, 0) is 9.53 Å². The van der Waals surface area contributed by atoms with Crippen LogP contribution in [0.3, 0.4) is 0 Å². The second-order valence-electron chi connectivity index (χ2n) is 4.41. The van der Waals surface area contributed by atoms with Gasteiger partial charge in [0.1, 0.15) is 0 Å². The van der Waals surface area contributed by atoms with Crippen molar-refractivity contribution in [3.8, 4) is 0 Å². The van der Waals surface area contributed by atoms with Gasteiger partial charge in [-0.1, -0.05) is 6.42 Å². The third kappa shape index (κ3) is 2.69. The van der Waals surface area contributed by atoms with Gasteiger partial charge in [-0.05, 0) is 19.3 Å². The molecule has 1 rings (SSSR count).